The van der Waals surface area contributed by atoms with E-state index in [-0.39, 0.29) is 18.2 Å². The minimum absolute atomic E-state index is 0.0371. The van der Waals surface area contributed by atoms with Gasteiger partial charge in [0.1, 0.15) is 11.5 Å². The van der Waals surface area contributed by atoms with Crippen molar-refractivity contribution in [2.24, 2.45) is 0 Å². The number of carbonyl (C=O) groups excluding carboxylic acids is 2. The number of benzene rings is 2. The molecule has 0 radical (unpaired) electrons. The van der Waals surface area contributed by atoms with Crippen LogP contribution >= 0.6 is 0 Å². The monoisotopic (exact) mass is 282 g/mol. The highest BCUT2D eigenvalue weighted by Gasteiger charge is 2.22. The lowest BCUT2D eigenvalue weighted by Gasteiger charge is -2.14. The van der Waals surface area contributed by atoms with Crippen LogP contribution in [0.25, 0.3) is 0 Å². The molecule has 1 aliphatic heterocycles. The molecule has 4 heteroatoms. The van der Waals surface area contributed by atoms with Crippen LogP contribution in [0.3, 0.4) is 0 Å². The summed E-state index contributed by atoms with van der Waals surface area (Å²) in [6.45, 7) is 1.77. The Bertz CT molecular complexity index is 691. The molecule has 1 atom stereocenters. The molecule has 0 saturated carbocycles. The third kappa shape index (κ3) is 2.65. The number of fused-ring (bicyclic) bond motifs is 1. The highest BCUT2D eigenvalue weighted by molar-refractivity contribution is 6.02. The minimum Gasteiger partial charge on any atom is -0.485 e. The van der Waals surface area contributed by atoms with Crippen LogP contribution in [-0.4, -0.2) is 24.3 Å². The zero-order valence-corrected chi connectivity index (χ0v) is 11.5. The molecule has 0 bridgehead atoms. The average Bonchev–Trinajstić information content (AvgIpc) is 2.88. The Morgan fingerprint density at radius 3 is 2.71 bits per heavy atom. The largest absolute Gasteiger partial charge is 0.485 e. The smallest absolute Gasteiger partial charge is 0.203 e. The van der Waals surface area contributed by atoms with Crippen molar-refractivity contribution in [2.75, 3.05) is 6.61 Å². The third-order valence-corrected chi connectivity index (χ3v) is 3.35. The minimum atomic E-state index is -0.609. The molecule has 106 valence electrons. The van der Waals surface area contributed by atoms with E-state index in [0.29, 0.717) is 22.6 Å². The van der Waals surface area contributed by atoms with E-state index in [1.807, 2.05) is 18.2 Å². The summed E-state index contributed by atoms with van der Waals surface area (Å²) >= 11 is 0. The molecule has 2 aromatic rings. The molecule has 1 heterocycles. The second-order valence-corrected chi connectivity index (χ2v) is 4.86. The van der Waals surface area contributed by atoms with E-state index in [2.05, 4.69) is 0 Å². The molecule has 0 amide bonds. The van der Waals surface area contributed by atoms with E-state index < -0.39 is 6.10 Å². The van der Waals surface area contributed by atoms with Crippen molar-refractivity contribution in [3.63, 3.8) is 0 Å². The molecule has 0 saturated heterocycles. The van der Waals surface area contributed by atoms with E-state index in [0.717, 1.165) is 0 Å². The highest BCUT2D eigenvalue weighted by Crippen LogP contribution is 2.30. The number of ketones is 2. The van der Waals surface area contributed by atoms with E-state index in [1.165, 1.54) is 0 Å². The van der Waals surface area contributed by atoms with E-state index in [9.17, 15) is 9.59 Å². The number of hydrogen-bond donors (Lipinski definition) is 0. The quantitative estimate of drug-likeness (QED) is 0.809. The lowest BCUT2D eigenvalue weighted by atomic mass is 10.1. The van der Waals surface area contributed by atoms with Gasteiger partial charge in [0.25, 0.3) is 0 Å². The molecule has 0 aliphatic carbocycles. The molecule has 0 N–H and O–H groups in total. The van der Waals surface area contributed by atoms with Gasteiger partial charge in [-0.3, -0.25) is 9.59 Å². The fourth-order valence-corrected chi connectivity index (χ4v) is 2.24. The van der Waals surface area contributed by atoms with E-state index >= 15 is 0 Å². The van der Waals surface area contributed by atoms with E-state index in [4.69, 9.17) is 9.47 Å². The molecule has 1 aliphatic rings. The Hall–Kier alpha value is -2.62. The van der Waals surface area contributed by atoms with Crippen molar-refractivity contribution in [3.8, 4) is 11.5 Å². The lowest BCUT2D eigenvalue weighted by molar-refractivity contribution is 0.0817. The maximum atomic E-state index is 12.2. The van der Waals surface area contributed by atoms with Crippen LogP contribution in [0.15, 0.2) is 48.5 Å². The zero-order chi connectivity index (χ0) is 14.8. The summed E-state index contributed by atoms with van der Waals surface area (Å²) in [4.78, 5) is 23.7. The molecular formula is C17H14O4. The molecule has 3 rings (SSSR count). The summed E-state index contributed by atoms with van der Waals surface area (Å²) in [6.07, 6.45) is -0.609. The highest BCUT2D eigenvalue weighted by atomic mass is 16.5. The topological polar surface area (TPSA) is 52.6 Å². The third-order valence-electron chi connectivity index (χ3n) is 3.35. The van der Waals surface area contributed by atoms with E-state index in [1.54, 1.807) is 37.3 Å². The van der Waals surface area contributed by atoms with Gasteiger partial charge in [0.15, 0.2) is 12.7 Å². The van der Waals surface area contributed by atoms with Crippen LogP contribution in [0.2, 0.25) is 0 Å². The number of Topliss-reactive ketones (excluding diaryl/α,β-unsaturated/α-hetero) is 2. The summed E-state index contributed by atoms with van der Waals surface area (Å²) in [5.41, 5.74) is 1.17. The van der Waals surface area contributed by atoms with Gasteiger partial charge in [-0.1, -0.05) is 30.3 Å². The molecule has 0 fully saturated rings. The second-order valence-electron chi connectivity index (χ2n) is 4.86. The van der Waals surface area contributed by atoms with Gasteiger partial charge in [0.05, 0.1) is 5.56 Å². The van der Waals surface area contributed by atoms with Gasteiger partial charge in [0.2, 0.25) is 11.6 Å². The second kappa shape index (κ2) is 5.40. The fraction of sp³-hybridized carbons (Fsp3) is 0.176. The first kappa shape index (κ1) is 13.4. The Labute approximate surface area is 122 Å². The van der Waals surface area contributed by atoms with Crippen LogP contribution in [0.5, 0.6) is 11.5 Å². The van der Waals surface area contributed by atoms with Crippen molar-refractivity contribution >= 4 is 11.6 Å². The predicted octanol–water partition coefficient (Wildman–Crippen LogP) is 2.91. The summed E-state index contributed by atoms with van der Waals surface area (Å²) in [6, 6.07) is 14.0. The maximum absolute atomic E-state index is 12.2. The van der Waals surface area contributed by atoms with Gasteiger partial charge < -0.3 is 9.47 Å². The summed E-state index contributed by atoms with van der Waals surface area (Å²) in [5.74, 6) is 0.898. The van der Waals surface area contributed by atoms with Crippen LogP contribution < -0.4 is 9.47 Å². The van der Waals surface area contributed by atoms with Crippen LogP contribution in [0, 0.1) is 0 Å². The molecular weight excluding hydrogens is 268 g/mol. The van der Waals surface area contributed by atoms with Gasteiger partial charge in [-0.15, -0.1) is 0 Å². The van der Waals surface area contributed by atoms with Crippen molar-refractivity contribution in [1.82, 2.24) is 0 Å². The Kier molecular flexibility index (Phi) is 3.44. The fourth-order valence-electron chi connectivity index (χ4n) is 2.24. The molecule has 1 unspecified atom stereocenters. The molecule has 21 heavy (non-hydrogen) atoms. The normalized spacial score (nSPS) is 14.2. The summed E-state index contributed by atoms with van der Waals surface area (Å²) in [5, 5.41) is 0. The lowest BCUT2D eigenvalue weighted by Crippen LogP contribution is -2.23. The van der Waals surface area contributed by atoms with Gasteiger partial charge in [-0.25, -0.2) is 0 Å². The van der Waals surface area contributed by atoms with Crippen LogP contribution in [0.1, 0.15) is 27.6 Å². The number of rotatable bonds is 4. The first-order chi connectivity index (χ1) is 10.1. The Morgan fingerprint density at radius 2 is 1.95 bits per heavy atom. The number of carbonyl (C=O) groups is 2. The molecule has 0 aromatic heterocycles. The van der Waals surface area contributed by atoms with Crippen LogP contribution in [0.4, 0.5) is 0 Å². The molecule has 2 aromatic carbocycles. The first-order valence-corrected chi connectivity index (χ1v) is 6.71. The Morgan fingerprint density at radius 1 is 1.19 bits per heavy atom. The SMILES string of the molecule is CC(Oc1ccc2c(c1)OCC2=O)C(=O)c1ccccc1. The van der Waals surface area contributed by atoms with Crippen molar-refractivity contribution in [1.29, 1.82) is 0 Å². The Balaban J connectivity index is 1.75. The van der Waals surface area contributed by atoms with Crippen molar-refractivity contribution in [3.05, 3.63) is 59.7 Å². The number of hydrogen-bond acceptors (Lipinski definition) is 4. The summed E-state index contributed by atoms with van der Waals surface area (Å²) in [7, 11) is 0. The van der Waals surface area contributed by atoms with Gasteiger partial charge in [0, 0.05) is 11.6 Å². The average molecular weight is 282 g/mol. The molecule has 0 spiro atoms. The summed E-state index contributed by atoms with van der Waals surface area (Å²) < 4.78 is 10.9. The molecule has 4 nitrogen and oxygen atoms in total. The van der Waals surface area contributed by atoms with Gasteiger partial charge >= 0.3 is 0 Å². The standard InChI is InChI=1S/C17H14O4/c1-11(17(19)12-5-3-2-4-6-12)21-13-7-8-14-15(18)10-20-16(14)9-13/h2-9,11H,10H2,1H3. The van der Waals surface area contributed by atoms with Crippen molar-refractivity contribution in [2.45, 2.75) is 13.0 Å². The predicted molar refractivity (Wildman–Crippen MR) is 77.1 cm³/mol. The van der Waals surface area contributed by atoms with Crippen molar-refractivity contribution < 1.29 is 19.1 Å². The van der Waals surface area contributed by atoms with Gasteiger partial charge in [-0.2, -0.15) is 0 Å². The zero-order valence-electron chi connectivity index (χ0n) is 11.5. The number of ether oxygens (including phenoxy) is 2. The van der Waals surface area contributed by atoms with Gasteiger partial charge in [-0.05, 0) is 19.1 Å². The maximum Gasteiger partial charge on any atom is 0.203 e. The first-order valence-electron chi connectivity index (χ1n) is 6.71. The van der Waals surface area contributed by atoms with Crippen LogP contribution in [-0.2, 0) is 0 Å².